The van der Waals surface area contributed by atoms with Crippen LogP contribution >= 0.6 is 0 Å². The molecule has 21 heavy (non-hydrogen) atoms. The van der Waals surface area contributed by atoms with E-state index in [2.05, 4.69) is 16.4 Å². The number of carbonyl (C=O) groups is 1. The zero-order valence-electron chi connectivity index (χ0n) is 12.9. The van der Waals surface area contributed by atoms with Crippen LogP contribution in [0.1, 0.15) is 37.9 Å². The van der Waals surface area contributed by atoms with Crippen LogP contribution in [0.2, 0.25) is 0 Å². The Hall–Kier alpha value is 1.41. The normalized spacial score (nSPS) is 16.6. The minimum absolute atomic E-state index is 0. The summed E-state index contributed by atoms with van der Waals surface area (Å²) in [6.45, 7) is 7.41. The average molecular weight is 508 g/mol. The number of ketones is 1. The standard InChI is InChI=1S/C15H17N2O.3Y/c1-9-6-5-7-13(8-9)15-14(11(3)18)10(2)16-12(4)17-15;;;/h5,7-8,15H,1-4H3,(H,16,17);;;/q-1;;;. The number of rotatable bonds is 2. The van der Waals surface area contributed by atoms with Crippen molar-refractivity contribution in [3.8, 4) is 0 Å². The molecule has 103 valence electrons. The third kappa shape index (κ3) is 6.43. The second-order valence-corrected chi connectivity index (χ2v) is 4.64. The Morgan fingerprint density at radius 3 is 2.38 bits per heavy atom. The van der Waals surface area contributed by atoms with Gasteiger partial charge in [-0.1, -0.05) is 6.92 Å². The number of aryl methyl sites for hydroxylation is 1. The number of benzene rings is 1. The molecule has 0 saturated heterocycles. The van der Waals surface area contributed by atoms with Crippen LogP contribution < -0.4 is 5.32 Å². The first kappa shape index (κ1) is 24.7. The van der Waals surface area contributed by atoms with E-state index in [0.717, 1.165) is 28.2 Å². The predicted molar refractivity (Wildman–Crippen MR) is 72.4 cm³/mol. The molecule has 1 aliphatic rings. The van der Waals surface area contributed by atoms with Crippen molar-refractivity contribution in [2.24, 2.45) is 4.99 Å². The summed E-state index contributed by atoms with van der Waals surface area (Å²) in [5, 5.41) is 3.13. The Bertz CT molecular complexity index is 568. The van der Waals surface area contributed by atoms with Gasteiger partial charge in [-0.05, 0) is 20.8 Å². The second-order valence-electron chi connectivity index (χ2n) is 4.64. The Labute approximate surface area is 202 Å². The van der Waals surface area contributed by atoms with Gasteiger partial charge in [0.2, 0.25) is 0 Å². The van der Waals surface area contributed by atoms with E-state index in [-0.39, 0.29) is 110 Å². The number of hydrogen-bond donors (Lipinski definition) is 1. The fourth-order valence-electron chi connectivity index (χ4n) is 2.31. The molecule has 1 heterocycles. The maximum Gasteiger partial charge on any atom is 0.159 e. The molecule has 0 fully saturated rings. The van der Waals surface area contributed by atoms with E-state index in [9.17, 15) is 4.79 Å². The van der Waals surface area contributed by atoms with Crippen molar-refractivity contribution in [1.82, 2.24) is 5.32 Å². The van der Waals surface area contributed by atoms with E-state index in [1.165, 1.54) is 0 Å². The smallest absolute Gasteiger partial charge is 0.159 e. The number of allylic oxidation sites excluding steroid dienone is 1. The number of aliphatic imine (C=N–C) groups is 1. The van der Waals surface area contributed by atoms with Crippen molar-refractivity contribution in [2.45, 2.75) is 33.7 Å². The van der Waals surface area contributed by atoms with Gasteiger partial charge >= 0.3 is 0 Å². The van der Waals surface area contributed by atoms with E-state index < -0.39 is 0 Å². The first-order valence-electron chi connectivity index (χ1n) is 6.00. The molecule has 1 aromatic carbocycles. The summed E-state index contributed by atoms with van der Waals surface area (Å²) < 4.78 is 0. The molecular weight excluding hydrogens is 491 g/mol. The van der Waals surface area contributed by atoms with Gasteiger partial charge in [-0.15, -0.1) is 5.56 Å². The van der Waals surface area contributed by atoms with Gasteiger partial charge in [-0.25, -0.2) is 0 Å². The van der Waals surface area contributed by atoms with Gasteiger partial charge < -0.3 is 5.32 Å². The Morgan fingerprint density at radius 2 is 1.86 bits per heavy atom. The number of carbonyl (C=O) groups excluding carboxylic acids is 1. The number of Topliss-reactive ketones (excluding diaryl/α,β-unsaturated/α-hetero) is 1. The van der Waals surface area contributed by atoms with Crippen molar-refractivity contribution in [2.75, 3.05) is 0 Å². The summed E-state index contributed by atoms with van der Waals surface area (Å²) in [5.74, 6) is 0.903. The van der Waals surface area contributed by atoms with Crippen molar-refractivity contribution < 1.29 is 103 Å². The fourth-order valence-corrected chi connectivity index (χ4v) is 2.31. The maximum absolute atomic E-state index is 11.8. The summed E-state index contributed by atoms with van der Waals surface area (Å²) in [5.41, 5.74) is 3.73. The monoisotopic (exact) mass is 508 g/mol. The molecule has 1 unspecified atom stereocenters. The van der Waals surface area contributed by atoms with Gasteiger partial charge in [-0.3, -0.25) is 9.79 Å². The Balaban J connectivity index is 0. The van der Waals surface area contributed by atoms with E-state index in [0.29, 0.717) is 0 Å². The van der Waals surface area contributed by atoms with Gasteiger partial charge in [0.15, 0.2) is 5.78 Å². The van der Waals surface area contributed by atoms with Crippen LogP contribution in [0.15, 0.2) is 34.5 Å². The van der Waals surface area contributed by atoms with Crippen LogP contribution in [0.3, 0.4) is 0 Å². The zero-order chi connectivity index (χ0) is 13.3. The Kier molecular flexibility index (Phi) is 13.0. The van der Waals surface area contributed by atoms with E-state index in [1.54, 1.807) is 6.92 Å². The number of nitrogens with one attached hydrogen (secondary N) is 1. The van der Waals surface area contributed by atoms with Crippen LogP contribution in [-0.2, 0) is 103 Å². The molecule has 0 aliphatic carbocycles. The molecule has 0 spiro atoms. The van der Waals surface area contributed by atoms with Gasteiger partial charge in [-0.2, -0.15) is 29.8 Å². The topological polar surface area (TPSA) is 41.5 Å². The van der Waals surface area contributed by atoms with Gasteiger partial charge in [0.1, 0.15) is 0 Å². The van der Waals surface area contributed by atoms with Gasteiger partial charge in [0.25, 0.3) is 0 Å². The quantitative estimate of drug-likeness (QED) is 0.625. The molecule has 1 aliphatic heterocycles. The largest absolute Gasteiger partial charge is 0.348 e. The van der Waals surface area contributed by atoms with Crippen LogP contribution in [0, 0.1) is 13.0 Å². The average Bonchev–Trinajstić information content (AvgIpc) is 2.27. The molecule has 0 saturated carbocycles. The molecule has 3 radical (unpaired) electrons. The van der Waals surface area contributed by atoms with Crippen molar-refractivity contribution in [3.05, 3.63) is 46.7 Å². The summed E-state index contributed by atoms with van der Waals surface area (Å²) in [6, 6.07) is 8.79. The maximum atomic E-state index is 11.8. The summed E-state index contributed by atoms with van der Waals surface area (Å²) in [7, 11) is 0. The third-order valence-corrected chi connectivity index (χ3v) is 3.03. The van der Waals surface area contributed by atoms with Gasteiger partial charge in [0, 0.05) is 109 Å². The number of nitrogens with zero attached hydrogens (tertiary/aromatic N) is 1. The first-order chi connectivity index (χ1) is 8.49. The summed E-state index contributed by atoms with van der Waals surface area (Å²) in [6.07, 6.45) is 0. The summed E-state index contributed by atoms with van der Waals surface area (Å²) in [4.78, 5) is 16.4. The van der Waals surface area contributed by atoms with Crippen molar-refractivity contribution in [3.63, 3.8) is 0 Å². The zero-order valence-corrected chi connectivity index (χ0v) is 21.4. The van der Waals surface area contributed by atoms with Crippen molar-refractivity contribution >= 4 is 11.6 Å². The molecule has 2 rings (SSSR count). The van der Waals surface area contributed by atoms with Crippen LogP contribution in [0.4, 0.5) is 0 Å². The van der Waals surface area contributed by atoms with Gasteiger partial charge in [0.05, 0.1) is 11.9 Å². The fraction of sp³-hybridized carbons (Fsp3) is 0.333. The van der Waals surface area contributed by atoms with Crippen LogP contribution in [0.25, 0.3) is 0 Å². The molecule has 1 atom stereocenters. The van der Waals surface area contributed by atoms with Crippen LogP contribution in [0.5, 0.6) is 0 Å². The van der Waals surface area contributed by atoms with E-state index >= 15 is 0 Å². The molecular formula is C15H17N2OY3-. The van der Waals surface area contributed by atoms with Crippen molar-refractivity contribution in [1.29, 1.82) is 0 Å². The second kappa shape index (κ2) is 11.1. The summed E-state index contributed by atoms with van der Waals surface area (Å²) >= 11 is 0. The predicted octanol–water partition coefficient (Wildman–Crippen LogP) is 2.71. The first-order valence-corrected chi connectivity index (χ1v) is 6.00. The SMILES string of the molecule is CC(=O)C1=C(C)NC(C)=NC1c1cc[c-]c(C)c1.[Y].[Y].[Y]. The molecule has 1 N–H and O–H groups in total. The molecule has 0 bridgehead atoms. The molecule has 6 heteroatoms. The third-order valence-electron chi connectivity index (χ3n) is 3.03. The van der Waals surface area contributed by atoms with Crippen LogP contribution in [-0.4, -0.2) is 11.6 Å². The van der Waals surface area contributed by atoms with E-state index in [4.69, 9.17) is 0 Å². The molecule has 0 amide bonds. The van der Waals surface area contributed by atoms with E-state index in [1.807, 2.05) is 39.0 Å². The molecule has 3 nitrogen and oxygen atoms in total. The number of hydrogen-bond acceptors (Lipinski definition) is 3. The molecule has 1 aromatic rings. The Morgan fingerprint density at radius 1 is 1.24 bits per heavy atom. The number of amidine groups is 1. The minimum Gasteiger partial charge on any atom is -0.348 e. The minimum atomic E-state index is -0.197. The molecule has 0 aromatic heterocycles.